The Hall–Kier alpha value is -1.89. The summed E-state index contributed by atoms with van der Waals surface area (Å²) < 4.78 is 51.6. The molecule has 1 amide bonds. The molecular weight excluding hydrogens is 348 g/mol. The number of hydrogen-bond donors (Lipinski definition) is 0. The first-order valence-electron chi connectivity index (χ1n) is 8.92. The Labute approximate surface area is 150 Å². The third-order valence-corrected chi connectivity index (χ3v) is 5.06. The number of benzene rings is 1. The maximum absolute atomic E-state index is 13.9. The number of hydrogen-bond acceptors (Lipinski definition) is 2. The van der Waals surface area contributed by atoms with E-state index in [4.69, 9.17) is 0 Å². The minimum absolute atomic E-state index is 0.0263. The van der Waals surface area contributed by atoms with E-state index in [-0.39, 0.29) is 17.5 Å². The molecule has 142 valence electrons. The van der Waals surface area contributed by atoms with Crippen LogP contribution in [0.2, 0.25) is 0 Å². The van der Waals surface area contributed by atoms with Crippen LogP contribution in [0.15, 0.2) is 24.3 Å². The predicted molar refractivity (Wildman–Crippen MR) is 90.8 cm³/mol. The van der Waals surface area contributed by atoms with Crippen molar-refractivity contribution in [2.45, 2.75) is 37.9 Å². The van der Waals surface area contributed by atoms with Gasteiger partial charge in [0.25, 0.3) is 0 Å². The lowest BCUT2D eigenvalue weighted by Crippen LogP contribution is -2.41. The maximum atomic E-state index is 13.9. The van der Waals surface area contributed by atoms with Gasteiger partial charge >= 0.3 is 6.18 Å². The lowest BCUT2D eigenvalue weighted by atomic mass is 10.1. The molecule has 2 saturated heterocycles. The van der Waals surface area contributed by atoms with E-state index in [1.165, 1.54) is 25.0 Å². The number of likely N-dealkylation sites (tertiary alicyclic amines) is 2. The van der Waals surface area contributed by atoms with E-state index in [9.17, 15) is 22.4 Å². The molecule has 7 heteroatoms. The van der Waals surface area contributed by atoms with Crippen LogP contribution >= 0.6 is 0 Å². The van der Waals surface area contributed by atoms with Crippen molar-refractivity contribution in [2.75, 3.05) is 26.2 Å². The number of amides is 1. The summed E-state index contributed by atoms with van der Waals surface area (Å²) in [5.74, 6) is -1.20. The molecule has 1 atom stereocenters. The van der Waals surface area contributed by atoms with Crippen molar-refractivity contribution in [1.29, 1.82) is 0 Å². The van der Waals surface area contributed by atoms with Crippen LogP contribution in [-0.4, -0.2) is 47.9 Å². The highest BCUT2D eigenvalue weighted by molar-refractivity contribution is 5.92. The minimum atomic E-state index is -4.59. The first kappa shape index (κ1) is 18.9. The second kappa shape index (κ2) is 7.78. The third-order valence-electron chi connectivity index (χ3n) is 5.06. The molecule has 1 aromatic carbocycles. The minimum Gasteiger partial charge on any atom is -0.335 e. The molecule has 0 radical (unpaired) electrons. The van der Waals surface area contributed by atoms with Gasteiger partial charge in [-0.1, -0.05) is 6.07 Å². The Morgan fingerprint density at radius 2 is 1.88 bits per heavy atom. The number of carbonyl (C=O) groups excluding carboxylic acids is 1. The van der Waals surface area contributed by atoms with Crippen LogP contribution in [0.25, 0.3) is 6.08 Å². The molecule has 0 saturated carbocycles. The summed E-state index contributed by atoms with van der Waals surface area (Å²) in [6.45, 7) is 3.64. The molecule has 0 aliphatic carbocycles. The van der Waals surface area contributed by atoms with E-state index in [0.717, 1.165) is 44.6 Å². The average Bonchev–Trinajstić information content (AvgIpc) is 3.25. The molecule has 1 unspecified atom stereocenters. The second-order valence-corrected chi connectivity index (χ2v) is 6.90. The molecule has 3 rings (SSSR count). The zero-order valence-electron chi connectivity index (χ0n) is 14.4. The molecule has 2 heterocycles. The first-order valence-corrected chi connectivity index (χ1v) is 8.92. The van der Waals surface area contributed by atoms with Crippen LogP contribution in [0.3, 0.4) is 0 Å². The Morgan fingerprint density at radius 3 is 2.54 bits per heavy atom. The van der Waals surface area contributed by atoms with Gasteiger partial charge in [-0.3, -0.25) is 4.79 Å². The number of carbonyl (C=O) groups is 1. The number of rotatable bonds is 4. The molecule has 0 aromatic heterocycles. The number of alkyl halides is 3. The molecule has 0 spiro atoms. The quantitative estimate of drug-likeness (QED) is 0.592. The highest BCUT2D eigenvalue weighted by Gasteiger charge is 2.31. The summed E-state index contributed by atoms with van der Waals surface area (Å²) in [5.41, 5.74) is -1.06. The van der Waals surface area contributed by atoms with Crippen LogP contribution in [0.4, 0.5) is 17.6 Å². The smallest absolute Gasteiger partial charge is 0.335 e. The third kappa shape index (κ3) is 4.44. The summed E-state index contributed by atoms with van der Waals surface area (Å²) in [6, 6.07) is 2.48. The molecule has 2 aliphatic heterocycles. The van der Waals surface area contributed by atoms with E-state index < -0.39 is 17.6 Å². The number of halogens is 4. The molecule has 0 bridgehead atoms. The van der Waals surface area contributed by atoms with Gasteiger partial charge in [-0.15, -0.1) is 0 Å². The first-order chi connectivity index (χ1) is 12.3. The predicted octanol–water partition coefficient (Wildman–Crippen LogP) is 3.94. The van der Waals surface area contributed by atoms with Crippen molar-refractivity contribution in [3.63, 3.8) is 0 Å². The van der Waals surface area contributed by atoms with E-state index in [1.807, 2.05) is 0 Å². The molecule has 2 aliphatic rings. The normalized spacial score (nSPS) is 21.8. The van der Waals surface area contributed by atoms with Gasteiger partial charge < -0.3 is 9.80 Å². The Bertz CT molecular complexity index is 681. The molecular formula is C19H22F4N2O. The summed E-state index contributed by atoms with van der Waals surface area (Å²) in [6.07, 6.45) is 2.19. The van der Waals surface area contributed by atoms with E-state index in [0.29, 0.717) is 12.6 Å². The van der Waals surface area contributed by atoms with Gasteiger partial charge in [0.1, 0.15) is 5.82 Å². The molecule has 0 N–H and O–H groups in total. The zero-order chi connectivity index (χ0) is 18.7. The van der Waals surface area contributed by atoms with Crippen LogP contribution in [0, 0.1) is 5.82 Å². The molecule has 1 aromatic rings. The summed E-state index contributed by atoms with van der Waals surface area (Å²) >= 11 is 0. The summed E-state index contributed by atoms with van der Waals surface area (Å²) in [7, 11) is 0. The SMILES string of the molecule is O=C(/C=C/c1ccc(C(F)(F)F)cc1F)N1CCCC1CN1CCCC1. The fraction of sp³-hybridized carbons (Fsp3) is 0.526. The van der Waals surface area contributed by atoms with Crippen LogP contribution < -0.4 is 0 Å². The van der Waals surface area contributed by atoms with Gasteiger partial charge in [0.05, 0.1) is 5.56 Å². The largest absolute Gasteiger partial charge is 0.416 e. The summed E-state index contributed by atoms with van der Waals surface area (Å²) in [5, 5.41) is 0. The molecule has 2 fully saturated rings. The highest BCUT2D eigenvalue weighted by atomic mass is 19.4. The van der Waals surface area contributed by atoms with Gasteiger partial charge in [0.15, 0.2) is 0 Å². The lowest BCUT2D eigenvalue weighted by Gasteiger charge is -2.27. The van der Waals surface area contributed by atoms with Crippen molar-refractivity contribution < 1.29 is 22.4 Å². The van der Waals surface area contributed by atoms with E-state index >= 15 is 0 Å². The van der Waals surface area contributed by atoms with Gasteiger partial charge in [-0.2, -0.15) is 13.2 Å². The van der Waals surface area contributed by atoms with Crippen molar-refractivity contribution in [3.8, 4) is 0 Å². The van der Waals surface area contributed by atoms with Gasteiger partial charge in [-0.05, 0) is 57.0 Å². The lowest BCUT2D eigenvalue weighted by molar-refractivity contribution is -0.137. The van der Waals surface area contributed by atoms with Crippen molar-refractivity contribution in [1.82, 2.24) is 9.80 Å². The van der Waals surface area contributed by atoms with Crippen LogP contribution in [-0.2, 0) is 11.0 Å². The topological polar surface area (TPSA) is 23.6 Å². The monoisotopic (exact) mass is 370 g/mol. The van der Waals surface area contributed by atoms with Gasteiger partial charge in [0.2, 0.25) is 5.91 Å². The van der Waals surface area contributed by atoms with Crippen molar-refractivity contribution in [3.05, 3.63) is 41.2 Å². The van der Waals surface area contributed by atoms with Crippen molar-refractivity contribution >= 4 is 12.0 Å². The van der Waals surface area contributed by atoms with Gasteiger partial charge in [-0.25, -0.2) is 4.39 Å². The Kier molecular flexibility index (Phi) is 5.65. The van der Waals surface area contributed by atoms with Gasteiger partial charge in [0, 0.05) is 30.8 Å². The highest BCUT2D eigenvalue weighted by Crippen LogP contribution is 2.30. The zero-order valence-corrected chi connectivity index (χ0v) is 14.4. The Balaban J connectivity index is 1.65. The van der Waals surface area contributed by atoms with Crippen LogP contribution in [0.1, 0.15) is 36.8 Å². The average molecular weight is 370 g/mol. The standard InChI is InChI=1S/C19H22F4N2O/c20-17-12-15(19(21,22)23)7-5-14(17)6-8-18(26)25-11-3-4-16(25)13-24-9-1-2-10-24/h5-8,12,16H,1-4,9-11,13H2/b8-6+. The maximum Gasteiger partial charge on any atom is 0.416 e. The number of nitrogens with zero attached hydrogens (tertiary/aromatic N) is 2. The van der Waals surface area contributed by atoms with Crippen molar-refractivity contribution in [2.24, 2.45) is 0 Å². The van der Waals surface area contributed by atoms with E-state index in [2.05, 4.69) is 4.90 Å². The summed E-state index contributed by atoms with van der Waals surface area (Å²) in [4.78, 5) is 16.6. The van der Waals surface area contributed by atoms with E-state index in [1.54, 1.807) is 4.90 Å². The fourth-order valence-corrected chi connectivity index (χ4v) is 3.67. The Morgan fingerprint density at radius 1 is 1.15 bits per heavy atom. The molecule has 3 nitrogen and oxygen atoms in total. The van der Waals surface area contributed by atoms with Crippen LogP contribution in [0.5, 0.6) is 0 Å². The molecule has 26 heavy (non-hydrogen) atoms. The fourth-order valence-electron chi connectivity index (χ4n) is 3.67. The second-order valence-electron chi connectivity index (χ2n) is 6.90.